The molecule has 3 aromatic heterocycles. The Balaban J connectivity index is 0.984. The Bertz CT molecular complexity index is 3840. The van der Waals surface area contributed by atoms with E-state index in [0.717, 1.165) is 110 Å². The van der Waals surface area contributed by atoms with Crippen molar-refractivity contribution in [3.05, 3.63) is 206 Å². The molecular weight excluding hydrogens is 785 g/mol. The zero-order valence-electron chi connectivity index (χ0n) is 34.2. The van der Waals surface area contributed by atoms with Crippen LogP contribution in [0.4, 0.5) is 0 Å². The second kappa shape index (κ2) is 14.4. The van der Waals surface area contributed by atoms with E-state index < -0.39 is 0 Å². The van der Waals surface area contributed by atoms with Crippen LogP contribution < -0.4 is 0 Å². The minimum absolute atomic E-state index is 0.576. The van der Waals surface area contributed by atoms with Gasteiger partial charge in [-0.1, -0.05) is 188 Å². The summed E-state index contributed by atoms with van der Waals surface area (Å²) < 4.78 is 13.7. The fourth-order valence-corrected chi connectivity index (χ4v) is 9.38. The predicted molar refractivity (Wildman–Crippen MR) is 260 cm³/mol. The summed E-state index contributed by atoms with van der Waals surface area (Å²) in [5, 5.41) is 8.68. The Morgan fingerprint density at radius 2 is 0.797 bits per heavy atom. The quantitative estimate of drug-likeness (QED) is 0.156. The van der Waals surface area contributed by atoms with Gasteiger partial charge in [0.25, 0.3) is 0 Å². The third kappa shape index (κ3) is 5.81. The molecule has 6 nitrogen and oxygen atoms in total. The molecule has 10 aromatic carbocycles. The molecule has 0 saturated heterocycles. The van der Waals surface area contributed by atoms with Crippen LogP contribution in [0.15, 0.2) is 215 Å². The molecule has 0 unspecified atom stereocenters. The number of furan rings is 1. The molecule has 0 saturated carbocycles. The SMILES string of the molecule is c1ccc(-c2nc(-c3ccccc3)nc(-c3ccc(-c4ccc(-c5c6oc(-c7c8ccccc8cc8ccccc78)nc6cc6oc7ccccc7c56)c5ccccc45)cc3)n2)cc1. The van der Waals surface area contributed by atoms with Crippen molar-refractivity contribution in [2.24, 2.45) is 0 Å². The Hall–Kier alpha value is -8.74. The number of para-hydroxylation sites is 1. The summed E-state index contributed by atoms with van der Waals surface area (Å²) in [5.74, 6) is 2.46. The van der Waals surface area contributed by atoms with Crippen LogP contribution in [0.3, 0.4) is 0 Å². The van der Waals surface area contributed by atoms with Crippen LogP contribution in [0.5, 0.6) is 0 Å². The van der Waals surface area contributed by atoms with Crippen molar-refractivity contribution in [2.45, 2.75) is 0 Å². The number of benzene rings is 10. The van der Waals surface area contributed by atoms with Crippen molar-refractivity contribution in [3.63, 3.8) is 0 Å². The predicted octanol–water partition coefficient (Wildman–Crippen LogP) is 15.4. The number of oxazole rings is 1. The molecule has 13 aromatic rings. The summed E-state index contributed by atoms with van der Waals surface area (Å²) in [6, 6.07) is 71.1. The number of aromatic nitrogens is 4. The van der Waals surface area contributed by atoms with Gasteiger partial charge in [-0.3, -0.25) is 0 Å². The van der Waals surface area contributed by atoms with Crippen LogP contribution in [0, 0.1) is 0 Å². The van der Waals surface area contributed by atoms with Gasteiger partial charge in [-0.05, 0) is 61.1 Å². The van der Waals surface area contributed by atoms with E-state index in [4.69, 9.17) is 28.8 Å². The van der Waals surface area contributed by atoms with Crippen LogP contribution in [-0.4, -0.2) is 19.9 Å². The topological polar surface area (TPSA) is 77.8 Å². The molecule has 0 spiro atoms. The minimum atomic E-state index is 0.576. The zero-order valence-corrected chi connectivity index (χ0v) is 34.2. The van der Waals surface area contributed by atoms with E-state index in [0.29, 0.717) is 23.4 Å². The van der Waals surface area contributed by atoms with Crippen molar-refractivity contribution >= 4 is 65.4 Å². The number of hydrogen-bond donors (Lipinski definition) is 0. The average molecular weight is 819 g/mol. The van der Waals surface area contributed by atoms with E-state index >= 15 is 0 Å². The summed E-state index contributed by atoms with van der Waals surface area (Å²) in [7, 11) is 0. The van der Waals surface area contributed by atoms with Gasteiger partial charge in [-0.15, -0.1) is 0 Å². The maximum atomic E-state index is 7.11. The second-order valence-electron chi connectivity index (χ2n) is 16.1. The van der Waals surface area contributed by atoms with Crippen molar-refractivity contribution in [2.75, 3.05) is 0 Å². The number of nitrogens with zero attached hydrogens (tertiary/aromatic N) is 4. The van der Waals surface area contributed by atoms with E-state index in [1.54, 1.807) is 0 Å². The lowest BCUT2D eigenvalue weighted by Gasteiger charge is -2.14. The third-order valence-electron chi connectivity index (χ3n) is 12.4. The lowest BCUT2D eigenvalue weighted by Crippen LogP contribution is -2.00. The van der Waals surface area contributed by atoms with Crippen molar-refractivity contribution in [1.29, 1.82) is 0 Å². The highest BCUT2D eigenvalue weighted by atomic mass is 16.4. The molecule has 64 heavy (non-hydrogen) atoms. The third-order valence-corrected chi connectivity index (χ3v) is 12.4. The summed E-state index contributed by atoms with van der Waals surface area (Å²) in [6.07, 6.45) is 0. The first kappa shape index (κ1) is 36.0. The highest BCUT2D eigenvalue weighted by molar-refractivity contribution is 6.23. The van der Waals surface area contributed by atoms with Gasteiger partial charge < -0.3 is 8.83 Å². The van der Waals surface area contributed by atoms with Gasteiger partial charge in [0, 0.05) is 39.1 Å². The highest BCUT2D eigenvalue weighted by Gasteiger charge is 2.25. The van der Waals surface area contributed by atoms with E-state index in [1.165, 1.54) is 0 Å². The Labute approximate surface area is 366 Å². The number of fused-ring (bicyclic) bond motifs is 7. The van der Waals surface area contributed by atoms with Gasteiger partial charge in [0.2, 0.25) is 5.89 Å². The first-order valence-corrected chi connectivity index (χ1v) is 21.4. The van der Waals surface area contributed by atoms with E-state index in [9.17, 15) is 0 Å². The normalized spacial score (nSPS) is 11.8. The fourth-order valence-electron chi connectivity index (χ4n) is 9.38. The molecule has 298 valence electrons. The maximum absolute atomic E-state index is 7.11. The molecule has 6 heteroatoms. The Kier molecular flexibility index (Phi) is 8.11. The van der Waals surface area contributed by atoms with Crippen LogP contribution in [0.25, 0.3) is 133 Å². The van der Waals surface area contributed by atoms with E-state index in [2.05, 4.69) is 127 Å². The lowest BCUT2D eigenvalue weighted by atomic mass is 9.90. The molecule has 0 aliphatic carbocycles. The highest BCUT2D eigenvalue weighted by Crippen LogP contribution is 2.47. The van der Waals surface area contributed by atoms with Crippen LogP contribution in [-0.2, 0) is 0 Å². The second-order valence-corrected chi connectivity index (χ2v) is 16.1. The molecule has 0 aliphatic rings. The molecule has 0 atom stereocenters. The molecule has 0 radical (unpaired) electrons. The van der Waals surface area contributed by atoms with Crippen LogP contribution in [0.2, 0.25) is 0 Å². The van der Waals surface area contributed by atoms with Gasteiger partial charge in [0.1, 0.15) is 16.7 Å². The molecule has 0 aliphatic heterocycles. The number of rotatable bonds is 6. The summed E-state index contributed by atoms with van der Waals surface area (Å²) in [6.45, 7) is 0. The van der Waals surface area contributed by atoms with Crippen molar-refractivity contribution < 1.29 is 8.83 Å². The largest absolute Gasteiger partial charge is 0.456 e. The van der Waals surface area contributed by atoms with Crippen molar-refractivity contribution in [3.8, 4) is 67.9 Å². The van der Waals surface area contributed by atoms with E-state index in [-0.39, 0.29) is 0 Å². The van der Waals surface area contributed by atoms with Gasteiger partial charge in [0.15, 0.2) is 23.1 Å². The minimum Gasteiger partial charge on any atom is -0.456 e. The van der Waals surface area contributed by atoms with Gasteiger partial charge in [0.05, 0.1) is 5.56 Å². The van der Waals surface area contributed by atoms with Crippen molar-refractivity contribution in [1.82, 2.24) is 19.9 Å². The molecule has 0 fully saturated rings. The van der Waals surface area contributed by atoms with Crippen LogP contribution in [0.1, 0.15) is 0 Å². The average Bonchev–Trinajstić information content (AvgIpc) is 3.96. The first-order chi connectivity index (χ1) is 31.7. The van der Waals surface area contributed by atoms with Crippen LogP contribution >= 0.6 is 0 Å². The molecule has 0 N–H and O–H groups in total. The molecule has 13 rings (SSSR count). The fraction of sp³-hybridized carbons (Fsp3) is 0. The summed E-state index contributed by atoms with van der Waals surface area (Å²) in [5.41, 5.74) is 11.0. The smallest absolute Gasteiger partial charge is 0.228 e. The lowest BCUT2D eigenvalue weighted by molar-refractivity contribution is 0.622. The van der Waals surface area contributed by atoms with E-state index in [1.807, 2.05) is 78.9 Å². The van der Waals surface area contributed by atoms with Gasteiger partial charge in [-0.2, -0.15) is 0 Å². The molecule has 3 heterocycles. The zero-order chi connectivity index (χ0) is 42.1. The maximum Gasteiger partial charge on any atom is 0.228 e. The number of hydrogen-bond acceptors (Lipinski definition) is 6. The first-order valence-electron chi connectivity index (χ1n) is 21.4. The molecule has 0 amide bonds. The monoisotopic (exact) mass is 818 g/mol. The molecule has 0 bridgehead atoms. The summed E-state index contributed by atoms with van der Waals surface area (Å²) in [4.78, 5) is 20.1. The Morgan fingerprint density at radius 3 is 1.42 bits per heavy atom. The molecular formula is C58H34N4O2. The Morgan fingerprint density at radius 1 is 0.312 bits per heavy atom. The van der Waals surface area contributed by atoms with Gasteiger partial charge >= 0.3 is 0 Å². The van der Waals surface area contributed by atoms with Gasteiger partial charge in [-0.25, -0.2) is 19.9 Å². The summed E-state index contributed by atoms with van der Waals surface area (Å²) >= 11 is 0. The standard InChI is InChI=1S/C58H34N4O2/c1-3-15-36(16-4-1)55-60-56(37-17-5-2-6-18-37)62-57(61-55)38-29-27-35(28-30-38)41-31-32-46(45-24-12-11-23-44(41)45)53-52-47-25-13-14-26-49(47)63-50(52)34-48-54(53)64-58(59-48)51-42-21-9-7-19-39(42)33-40-20-8-10-22-43(40)51/h1-34H.